The first-order valence-electron chi connectivity index (χ1n) is 10.3. The highest BCUT2D eigenvalue weighted by molar-refractivity contribution is 6.05. The second-order valence-electron chi connectivity index (χ2n) is 7.70. The lowest BCUT2D eigenvalue weighted by Crippen LogP contribution is -2.35. The van der Waals surface area contributed by atoms with Gasteiger partial charge in [-0.15, -0.1) is 0 Å². The van der Waals surface area contributed by atoms with Gasteiger partial charge < -0.3 is 9.47 Å². The molecule has 2 heterocycles. The molecule has 0 bridgehead atoms. The van der Waals surface area contributed by atoms with Crippen LogP contribution >= 0.6 is 0 Å². The predicted octanol–water partition coefficient (Wildman–Crippen LogP) is 5.21. The minimum Gasteiger partial charge on any atom is -0.493 e. The largest absolute Gasteiger partial charge is 0.493 e. The van der Waals surface area contributed by atoms with Crippen molar-refractivity contribution in [2.45, 2.75) is 24.9 Å². The molecule has 0 N–H and O–H groups in total. The van der Waals surface area contributed by atoms with Gasteiger partial charge in [0.15, 0.2) is 0 Å². The molecule has 0 saturated carbocycles. The highest BCUT2D eigenvalue weighted by Crippen LogP contribution is 2.42. The molecule has 2 aliphatic heterocycles. The SMILES string of the molecule is N#CN=C1CC(C2CCOc3ccccc32)Oc2ccc(-c3cccc(C#N)c3)cc21. The van der Waals surface area contributed by atoms with E-state index < -0.39 is 0 Å². The maximum Gasteiger partial charge on any atom is 0.205 e. The minimum atomic E-state index is -0.114. The molecule has 5 rings (SSSR count). The van der Waals surface area contributed by atoms with Crippen molar-refractivity contribution < 1.29 is 9.47 Å². The standard InChI is InChI=1S/C26H19N3O2/c27-15-17-4-3-5-18(12-17)19-8-9-25-22(13-19)23(29-16-28)14-26(31-25)21-10-11-30-24-7-2-1-6-20(21)24/h1-9,12-13,21,26H,10-11,14H2. The zero-order chi connectivity index (χ0) is 21.2. The molecule has 5 heteroatoms. The first-order valence-corrected chi connectivity index (χ1v) is 10.3. The Balaban J connectivity index is 1.52. The van der Waals surface area contributed by atoms with Crippen LogP contribution in [-0.2, 0) is 0 Å². The highest BCUT2D eigenvalue weighted by Gasteiger charge is 2.35. The summed E-state index contributed by atoms with van der Waals surface area (Å²) in [7, 11) is 0. The quantitative estimate of drug-likeness (QED) is 0.548. The van der Waals surface area contributed by atoms with E-state index in [9.17, 15) is 10.5 Å². The summed E-state index contributed by atoms with van der Waals surface area (Å²) in [5.41, 5.74) is 5.21. The molecule has 31 heavy (non-hydrogen) atoms. The second kappa shape index (κ2) is 7.97. The third kappa shape index (κ3) is 3.52. The third-order valence-corrected chi connectivity index (χ3v) is 5.93. The van der Waals surface area contributed by atoms with Crippen molar-refractivity contribution in [3.63, 3.8) is 0 Å². The molecule has 150 valence electrons. The lowest BCUT2D eigenvalue weighted by Gasteiger charge is -2.36. The van der Waals surface area contributed by atoms with Crippen LogP contribution in [-0.4, -0.2) is 18.4 Å². The molecular weight excluding hydrogens is 386 g/mol. The van der Waals surface area contributed by atoms with Crippen LogP contribution in [0.3, 0.4) is 0 Å². The zero-order valence-corrected chi connectivity index (χ0v) is 16.8. The Hall–Kier alpha value is -4.09. The van der Waals surface area contributed by atoms with Gasteiger partial charge in [-0.1, -0.05) is 36.4 Å². The molecule has 0 amide bonds. The summed E-state index contributed by atoms with van der Waals surface area (Å²) in [4.78, 5) is 4.15. The van der Waals surface area contributed by atoms with Gasteiger partial charge in [-0.3, -0.25) is 0 Å². The predicted molar refractivity (Wildman–Crippen MR) is 117 cm³/mol. The number of aliphatic imine (C=N–C) groups is 1. The van der Waals surface area contributed by atoms with E-state index in [0.29, 0.717) is 18.6 Å². The van der Waals surface area contributed by atoms with Crippen LogP contribution in [0.2, 0.25) is 0 Å². The van der Waals surface area contributed by atoms with Crippen molar-refractivity contribution in [3.8, 4) is 34.9 Å². The van der Waals surface area contributed by atoms with Gasteiger partial charge in [-0.2, -0.15) is 15.5 Å². The summed E-state index contributed by atoms with van der Waals surface area (Å²) in [6, 6.07) is 23.6. The van der Waals surface area contributed by atoms with Crippen LogP contribution in [0.4, 0.5) is 0 Å². The van der Waals surface area contributed by atoms with Crippen molar-refractivity contribution >= 4 is 5.71 Å². The average molecular weight is 405 g/mol. The van der Waals surface area contributed by atoms with E-state index >= 15 is 0 Å². The van der Waals surface area contributed by atoms with Crippen LogP contribution in [0, 0.1) is 22.8 Å². The van der Waals surface area contributed by atoms with Crippen molar-refractivity contribution in [1.82, 2.24) is 0 Å². The maximum absolute atomic E-state index is 9.32. The lowest BCUT2D eigenvalue weighted by atomic mass is 9.83. The average Bonchev–Trinajstić information content (AvgIpc) is 2.83. The number of ether oxygens (including phenoxy) is 2. The normalized spacial score (nSPS) is 20.4. The molecular formula is C26H19N3O2. The second-order valence-corrected chi connectivity index (χ2v) is 7.70. The number of nitriles is 2. The zero-order valence-electron chi connectivity index (χ0n) is 16.8. The molecule has 0 radical (unpaired) electrons. The molecule has 0 saturated heterocycles. The maximum atomic E-state index is 9.32. The van der Waals surface area contributed by atoms with Crippen molar-refractivity contribution in [1.29, 1.82) is 10.5 Å². The van der Waals surface area contributed by atoms with Crippen molar-refractivity contribution in [3.05, 3.63) is 83.4 Å². The molecule has 0 aromatic heterocycles. The fraction of sp³-hybridized carbons (Fsp3) is 0.192. The van der Waals surface area contributed by atoms with Crippen molar-refractivity contribution in [2.75, 3.05) is 6.61 Å². The van der Waals surface area contributed by atoms with Crippen molar-refractivity contribution in [2.24, 2.45) is 4.99 Å². The van der Waals surface area contributed by atoms with E-state index in [0.717, 1.165) is 45.9 Å². The molecule has 2 atom stereocenters. The Morgan fingerprint density at radius 2 is 1.77 bits per heavy atom. The fourth-order valence-corrected chi connectivity index (χ4v) is 4.46. The minimum absolute atomic E-state index is 0.114. The Morgan fingerprint density at radius 3 is 2.65 bits per heavy atom. The summed E-state index contributed by atoms with van der Waals surface area (Å²) in [5, 5.41) is 18.5. The van der Waals surface area contributed by atoms with Crippen LogP contribution < -0.4 is 9.47 Å². The molecule has 2 unspecified atom stereocenters. The Kier molecular flexibility index (Phi) is 4.86. The molecule has 2 aliphatic rings. The molecule has 3 aromatic carbocycles. The highest BCUT2D eigenvalue weighted by atomic mass is 16.5. The number of hydrogen-bond acceptors (Lipinski definition) is 5. The number of fused-ring (bicyclic) bond motifs is 2. The summed E-state index contributed by atoms with van der Waals surface area (Å²) >= 11 is 0. The molecule has 0 fully saturated rings. The number of nitrogens with zero attached hydrogens (tertiary/aromatic N) is 3. The molecule has 5 nitrogen and oxygen atoms in total. The molecule has 0 spiro atoms. The Bertz CT molecular complexity index is 1270. The molecule has 3 aromatic rings. The number of rotatable bonds is 2. The van der Waals surface area contributed by atoms with E-state index in [-0.39, 0.29) is 12.0 Å². The number of hydrogen-bond donors (Lipinski definition) is 0. The summed E-state index contributed by atoms with van der Waals surface area (Å²) in [6.45, 7) is 0.646. The topological polar surface area (TPSA) is 78.4 Å². The lowest BCUT2D eigenvalue weighted by molar-refractivity contribution is 0.138. The molecule has 0 aliphatic carbocycles. The Morgan fingerprint density at radius 1 is 0.903 bits per heavy atom. The third-order valence-electron chi connectivity index (χ3n) is 5.93. The van der Waals surface area contributed by atoms with Gasteiger partial charge in [0, 0.05) is 23.5 Å². The van der Waals surface area contributed by atoms with Crippen LogP contribution in [0.25, 0.3) is 11.1 Å². The Labute approximate surface area is 180 Å². The van der Waals surface area contributed by atoms with E-state index in [4.69, 9.17) is 9.47 Å². The van der Waals surface area contributed by atoms with Gasteiger partial charge >= 0.3 is 0 Å². The van der Waals surface area contributed by atoms with E-state index in [2.05, 4.69) is 17.1 Å². The van der Waals surface area contributed by atoms with Gasteiger partial charge in [-0.25, -0.2) is 0 Å². The van der Waals surface area contributed by atoms with Gasteiger partial charge in [0.25, 0.3) is 0 Å². The van der Waals surface area contributed by atoms with E-state index in [1.54, 1.807) is 6.07 Å². The fourth-order valence-electron chi connectivity index (χ4n) is 4.46. The smallest absolute Gasteiger partial charge is 0.205 e. The summed E-state index contributed by atoms with van der Waals surface area (Å²) < 4.78 is 12.3. The van der Waals surface area contributed by atoms with E-state index in [1.165, 1.54) is 0 Å². The number of para-hydroxylation sites is 1. The first-order chi connectivity index (χ1) is 15.3. The summed E-state index contributed by atoms with van der Waals surface area (Å²) in [5.74, 6) is 1.81. The van der Waals surface area contributed by atoms with Crippen LogP contribution in [0.15, 0.2) is 71.7 Å². The number of benzene rings is 3. The van der Waals surface area contributed by atoms with E-state index in [1.807, 2.05) is 60.8 Å². The van der Waals surface area contributed by atoms with Gasteiger partial charge in [-0.05, 0) is 47.9 Å². The first kappa shape index (κ1) is 18.9. The van der Waals surface area contributed by atoms with Gasteiger partial charge in [0.1, 0.15) is 17.6 Å². The monoisotopic (exact) mass is 405 g/mol. The van der Waals surface area contributed by atoms with Crippen LogP contribution in [0.5, 0.6) is 11.5 Å². The van der Waals surface area contributed by atoms with Gasteiger partial charge in [0.2, 0.25) is 6.19 Å². The van der Waals surface area contributed by atoms with Crippen LogP contribution in [0.1, 0.15) is 35.4 Å². The van der Waals surface area contributed by atoms with Gasteiger partial charge in [0.05, 0.1) is 24.0 Å². The summed E-state index contributed by atoms with van der Waals surface area (Å²) in [6.07, 6.45) is 3.26.